The lowest BCUT2D eigenvalue weighted by atomic mass is 10.1. The summed E-state index contributed by atoms with van der Waals surface area (Å²) in [7, 11) is 1.90. The van der Waals surface area contributed by atoms with E-state index in [1.807, 2.05) is 36.9 Å². The smallest absolute Gasteiger partial charge is 0.178 e. The molecular weight excluding hydrogens is 224 g/mol. The zero-order chi connectivity index (χ0) is 11.9. The first-order chi connectivity index (χ1) is 7.56. The zero-order valence-corrected chi connectivity index (χ0v) is 10.0. The predicted octanol–water partition coefficient (Wildman–Crippen LogP) is 2.28. The van der Waals surface area contributed by atoms with Gasteiger partial charge in [-0.2, -0.15) is 0 Å². The molecule has 4 heteroatoms. The van der Waals surface area contributed by atoms with E-state index in [9.17, 15) is 4.79 Å². The Labute approximate surface area is 98.8 Å². The molecule has 3 nitrogen and oxygen atoms in total. The average Bonchev–Trinajstić information content (AvgIpc) is 2.61. The number of Topliss-reactive ketones (excluding diaryl/α,β-unsaturated/α-hetero) is 1. The van der Waals surface area contributed by atoms with Crippen molar-refractivity contribution in [2.24, 2.45) is 12.8 Å². The van der Waals surface area contributed by atoms with Crippen LogP contribution in [-0.4, -0.2) is 16.9 Å². The van der Waals surface area contributed by atoms with Crippen LogP contribution in [0.15, 0.2) is 18.3 Å². The third kappa shape index (κ3) is 1.52. The van der Waals surface area contributed by atoms with Crippen LogP contribution < -0.4 is 5.73 Å². The molecular formula is C12H13ClN2O. The Morgan fingerprint density at radius 1 is 1.50 bits per heavy atom. The van der Waals surface area contributed by atoms with Gasteiger partial charge >= 0.3 is 0 Å². The number of carbonyl (C=O) groups is 1. The Hall–Kier alpha value is -1.32. The second-order valence-electron chi connectivity index (χ2n) is 3.85. The maximum absolute atomic E-state index is 11.7. The van der Waals surface area contributed by atoms with Crippen LogP contribution in [0.5, 0.6) is 0 Å². The summed E-state index contributed by atoms with van der Waals surface area (Å²) < 4.78 is 1.92. The highest BCUT2D eigenvalue weighted by Gasteiger charge is 2.14. The van der Waals surface area contributed by atoms with E-state index in [0.29, 0.717) is 10.6 Å². The number of rotatable bonds is 2. The first-order valence-corrected chi connectivity index (χ1v) is 5.41. The fraction of sp³-hybridized carbons (Fsp3) is 0.250. The second-order valence-corrected chi connectivity index (χ2v) is 4.26. The summed E-state index contributed by atoms with van der Waals surface area (Å²) in [6.07, 6.45) is 1.81. The minimum atomic E-state index is -0.0488. The van der Waals surface area contributed by atoms with Gasteiger partial charge in [-0.1, -0.05) is 17.7 Å². The van der Waals surface area contributed by atoms with Gasteiger partial charge in [-0.15, -0.1) is 0 Å². The molecule has 16 heavy (non-hydrogen) atoms. The molecule has 0 saturated carbocycles. The lowest BCUT2D eigenvalue weighted by Gasteiger charge is -2.03. The maximum atomic E-state index is 11.7. The SMILES string of the molecule is Cc1c(Cl)ccc2c(C(=O)CN)cn(C)c12. The van der Waals surface area contributed by atoms with Gasteiger partial charge in [-0.25, -0.2) is 0 Å². The number of hydrogen-bond donors (Lipinski definition) is 1. The van der Waals surface area contributed by atoms with Crippen LogP contribution in [0.1, 0.15) is 15.9 Å². The van der Waals surface area contributed by atoms with Gasteiger partial charge < -0.3 is 10.3 Å². The summed E-state index contributed by atoms with van der Waals surface area (Å²) in [4.78, 5) is 11.7. The van der Waals surface area contributed by atoms with Gasteiger partial charge in [0.25, 0.3) is 0 Å². The van der Waals surface area contributed by atoms with Crippen molar-refractivity contribution in [1.82, 2.24) is 4.57 Å². The number of hydrogen-bond acceptors (Lipinski definition) is 2. The Morgan fingerprint density at radius 3 is 2.81 bits per heavy atom. The van der Waals surface area contributed by atoms with Crippen LogP contribution in [0.25, 0.3) is 10.9 Å². The molecule has 2 aromatic rings. The molecule has 0 atom stereocenters. The van der Waals surface area contributed by atoms with Gasteiger partial charge in [0.15, 0.2) is 5.78 Å². The van der Waals surface area contributed by atoms with Crippen LogP contribution in [-0.2, 0) is 7.05 Å². The van der Waals surface area contributed by atoms with Gasteiger partial charge in [0.2, 0.25) is 0 Å². The van der Waals surface area contributed by atoms with Crippen LogP contribution in [0.3, 0.4) is 0 Å². The average molecular weight is 237 g/mol. The molecule has 0 spiro atoms. The lowest BCUT2D eigenvalue weighted by molar-refractivity contribution is 0.100. The number of benzene rings is 1. The molecule has 0 bridgehead atoms. The van der Waals surface area contributed by atoms with Crippen molar-refractivity contribution in [1.29, 1.82) is 0 Å². The normalized spacial score (nSPS) is 11.0. The van der Waals surface area contributed by atoms with Gasteiger partial charge in [0, 0.05) is 29.2 Å². The zero-order valence-electron chi connectivity index (χ0n) is 9.25. The van der Waals surface area contributed by atoms with Crippen molar-refractivity contribution in [3.63, 3.8) is 0 Å². The molecule has 0 radical (unpaired) electrons. The summed E-state index contributed by atoms with van der Waals surface area (Å²) in [5.41, 5.74) is 8.03. The van der Waals surface area contributed by atoms with E-state index in [2.05, 4.69) is 0 Å². The number of carbonyl (C=O) groups excluding carboxylic acids is 1. The maximum Gasteiger partial charge on any atom is 0.178 e. The summed E-state index contributed by atoms with van der Waals surface area (Å²) in [5, 5.41) is 1.63. The summed E-state index contributed by atoms with van der Waals surface area (Å²) in [6, 6.07) is 3.68. The first-order valence-electron chi connectivity index (χ1n) is 5.03. The third-order valence-corrected chi connectivity index (χ3v) is 3.23. The quantitative estimate of drug-likeness (QED) is 0.814. The minimum absolute atomic E-state index is 0.0286. The fourth-order valence-electron chi connectivity index (χ4n) is 2.01. The van der Waals surface area contributed by atoms with Crippen molar-refractivity contribution < 1.29 is 4.79 Å². The second kappa shape index (κ2) is 3.92. The van der Waals surface area contributed by atoms with Crippen molar-refractivity contribution in [2.75, 3.05) is 6.54 Å². The topological polar surface area (TPSA) is 48.0 Å². The molecule has 2 rings (SSSR count). The molecule has 0 fully saturated rings. The highest BCUT2D eigenvalue weighted by Crippen LogP contribution is 2.28. The van der Waals surface area contributed by atoms with Crippen LogP contribution in [0, 0.1) is 6.92 Å². The molecule has 1 aromatic heterocycles. The van der Waals surface area contributed by atoms with Crippen molar-refractivity contribution in [3.05, 3.63) is 34.5 Å². The predicted molar refractivity (Wildman–Crippen MR) is 66.1 cm³/mol. The number of halogens is 1. The molecule has 0 aliphatic rings. The van der Waals surface area contributed by atoms with Gasteiger partial charge in [0.1, 0.15) is 0 Å². The van der Waals surface area contributed by atoms with E-state index in [1.54, 1.807) is 0 Å². The van der Waals surface area contributed by atoms with E-state index in [0.717, 1.165) is 16.5 Å². The van der Waals surface area contributed by atoms with Crippen molar-refractivity contribution in [3.8, 4) is 0 Å². The van der Waals surface area contributed by atoms with E-state index < -0.39 is 0 Å². The summed E-state index contributed by atoms with van der Waals surface area (Å²) >= 11 is 6.06. The van der Waals surface area contributed by atoms with Gasteiger partial charge in [0.05, 0.1) is 12.1 Å². The number of ketones is 1. The molecule has 2 N–H and O–H groups in total. The number of nitrogens with zero attached hydrogens (tertiary/aromatic N) is 1. The molecule has 0 unspecified atom stereocenters. The van der Waals surface area contributed by atoms with E-state index in [1.165, 1.54) is 0 Å². The first kappa shape index (κ1) is 11.2. The van der Waals surface area contributed by atoms with Crippen LogP contribution in [0.4, 0.5) is 0 Å². The molecule has 1 heterocycles. The molecule has 0 aliphatic heterocycles. The molecule has 0 aliphatic carbocycles. The van der Waals surface area contributed by atoms with Crippen molar-refractivity contribution in [2.45, 2.75) is 6.92 Å². The van der Waals surface area contributed by atoms with E-state index in [-0.39, 0.29) is 12.3 Å². The highest BCUT2D eigenvalue weighted by atomic mass is 35.5. The number of nitrogens with two attached hydrogens (primary N) is 1. The Balaban J connectivity index is 2.82. The van der Waals surface area contributed by atoms with Crippen molar-refractivity contribution >= 4 is 28.3 Å². The number of aryl methyl sites for hydroxylation is 2. The fourth-order valence-corrected chi connectivity index (χ4v) is 2.16. The molecule has 84 valence electrons. The highest BCUT2D eigenvalue weighted by molar-refractivity contribution is 6.32. The third-order valence-electron chi connectivity index (χ3n) is 2.82. The lowest BCUT2D eigenvalue weighted by Crippen LogP contribution is -2.13. The number of aromatic nitrogens is 1. The molecule has 1 aromatic carbocycles. The molecule has 0 amide bonds. The van der Waals surface area contributed by atoms with E-state index >= 15 is 0 Å². The van der Waals surface area contributed by atoms with Gasteiger partial charge in [-0.3, -0.25) is 4.79 Å². The van der Waals surface area contributed by atoms with Crippen LogP contribution in [0.2, 0.25) is 5.02 Å². The van der Waals surface area contributed by atoms with Gasteiger partial charge in [-0.05, 0) is 18.6 Å². The monoisotopic (exact) mass is 236 g/mol. The Morgan fingerprint density at radius 2 is 2.19 bits per heavy atom. The Bertz CT molecular complexity index is 572. The summed E-state index contributed by atoms with van der Waals surface area (Å²) in [5.74, 6) is -0.0488. The molecule has 0 saturated heterocycles. The summed E-state index contributed by atoms with van der Waals surface area (Å²) in [6.45, 7) is 1.97. The largest absolute Gasteiger partial charge is 0.350 e. The minimum Gasteiger partial charge on any atom is -0.350 e. The van der Waals surface area contributed by atoms with E-state index in [4.69, 9.17) is 17.3 Å². The Kier molecular flexibility index (Phi) is 2.74. The standard InChI is InChI=1S/C12H13ClN2O/c1-7-10(13)4-3-8-9(11(16)5-14)6-15(2)12(7)8/h3-4,6H,5,14H2,1-2H3. The number of fused-ring (bicyclic) bond motifs is 1. The van der Waals surface area contributed by atoms with Crippen LogP contribution >= 0.6 is 11.6 Å².